The maximum absolute atomic E-state index is 11.8. The number of nitrogens with zero attached hydrogens (tertiary/aromatic N) is 1. The van der Waals surface area contributed by atoms with Gasteiger partial charge in [0.05, 0.1) is 23.7 Å². The van der Waals surface area contributed by atoms with Crippen molar-refractivity contribution in [2.45, 2.75) is 63.8 Å². The molecule has 0 spiro atoms. The second-order valence-electron chi connectivity index (χ2n) is 7.84. The third kappa shape index (κ3) is 3.54. The zero-order valence-corrected chi connectivity index (χ0v) is 17.0. The van der Waals surface area contributed by atoms with Crippen molar-refractivity contribution in [3.63, 3.8) is 0 Å². The van der Waals surface area contributed by atoms with E-state index in [4.69, 9.17) is 9.47 Å². The van der Waals surface area contributed by atoms with Crippen molar-refractivity contribution in [1.82, 2.24) is 4.98 Å². The number of hydrogen-bond acceptors (Lipinski definition) is 4. The Balaban J connectivity index is 2.19. The summed E-state index contributed by atoms with van der Waals surface area (Å²) < 4.78 is 11.7. The molecule has 4 nitrogen and oxygen atoms in total. The second kappa shape index (κ2) is 8.09. The van der Waals surface area contributed by atoms with Crippen molar-refractivity contribution in [2.75, 3.05) is 14.2 Å². The van der Waals surface area contributed by atoms with Crippen molar-refractivity contribution in [2.24, 2.45) is 0 Å². The normalized spacial score (nSPS) is 26.7. The highest BCUT2D eigenvalue weighted by atomic mass is 16.5. The standard InChI is InChI=1S/C23H31NO3/c1-15-11-17(3)20(12-16(15)2)22(25)23(18-7-6-10-24-14-18)13-19(26-4)8-9-21(23)27-5/h6-7,10-12,14,19,21-22,25H,8-9,13H2,1-5H3. The van der Waals surface area contributed by atoms with Gasteiger partial charge in [-0.2, -0.15) is 0 Å². The second-order valence-corrected chi connectivity index (χ2v) is 7.84. The van der Waals surface area contributed by atoms with Crippen LogP contribution in [0.4, 0.5) is 0 Å². The molecule has 4 atom stereocenters. The van der Waals surface area contributed by atoms with E-state index >= 15 is 0 Å². The van der Waals surface area contributed by atoms with Gasteiger partial charge in [-0.3, -0.25) is 4.98 Å². The number of pyridine rings is 1. The summed E-state index contributed by atoms with van der Waals surface area (Å²) in [5.74, 6) is 0. The van der Waals surface area contributed by atoms with Gasteiger partial charge in [0, 0.05) is 26.6 Å². The number of benzene rings is 1. The molecule has 146 valence electrons. The fourth-order valence-corrected chi connectivity index (χ4v) is 4.68. The van der Waals surface area contributed by atoms with E-state index in [-0.39, 0.29) is 12.2 Å². The molecule has 1 saturated carbocycles. The Morgan fingerprint density at radius 2 is 1.81 bits per heavy atom. The lowest BCUT2D eigenvalue weighted by atomic mass is 9.61. The Labute approximate surface area is 162 Å². The minimum absolute atomic E-state index is 0.0816. The van der Waals surface area contributed by atoms with Crippen molar-refractivity contribution in [1.29, 1.82) is 0 Å². The number of hydrogen-bond donors (Lipinski definition) is 1. The average molecular weight is 370 g/mol. The van der Waals surface area contributed by atoms with Gasteiger partial charge in [-0.1, -0.05) is 18.2 Å². The van der Waals surface area contributed by atoms with Gasteiger partial charge >= 0.3 is 0 Å². The smallest absolute Gasteiger partial charge is 0.0915 e. The van der Waals surface area contributed by atoms with Crippen molar-refractivity contribution in [3.05, 3.63) is 64.5 Å². The highest BCUT2D eigenvalue weighted by molar-refractivity contribution is 5.42. The minimum atomic E-state index is -0.705. The van der Waals surface area contributed by atoms with E-state index in [1.165, 1.54) is 11.1 Å². The molecule has 0 amide bonds. The number of aromatic nitrogens is 1. The number of ether oxygens (including phenoxy) is 2. The zero-order valence-electron chi connectivity index (χ0n) is 17.0. The van der Waals surface area contributed by atoms with Gasteiger partial charge in [-0.25, -0.2) is 0 Å². The highest BCUT2D eigenvalue weighted by Gasteiger charge is 2.51. The lowest BCUT2D eigenvalue weighted by molar-refractivity contribution is -0.100. The largest absolute Gasteiger partial charge is 0.387 e. The molecule has 0 aliphatic heterocycles. The molecule has 4 unspecified atom stereocenters. The van der Waals surface area contributed by atoms with E-state index < -0.39 is 11.5 Å². The van der Waals surface area contributed by atoms with Crippen LogP contribution in [0, 0.1) is 20.8 Å². The first kappa shape index (κ1) is 20.0. The third-order valence-electron chi connectivity index (χ3n) is 6.37. The van der Waals surface area contributed by atoms with Crippen LogP contribution in [0.25, 0.3) is 0 Å². The van der Waals surface area contributed by atoms with Crippen LogP contribution in [0.2, 0.25) is 0 Å². The Bertz CT molecular complexity index is 777. The molecule has 1 aromatic heterocycles. The Hall–Kier alpha value is -1.75. The molecule has 0 saturated heterocycles. The number of aryl methyl sites for hydroxylation is 3. The van der Waals surface area contributed by atoms with E-state index in [0.29, 0.717) is 6.42 Å². The van der Waals surface area contributed by atoms with Crippen molar-refractivity contribution in [3.8, 4) is 0 Å². The lowest BCUT2D eigenvalue weighted by Crippen LogP contribution is -2.52. The molecule has 0 bridgehead atoms. The molecule has 1 aliphatic carbocycles. The van der Waals surface area contributed by atoms with Crippen LogP contribution in [-0.2, 0) is 14.9 Å². The van der Waals surface area contributed by atoms with Crippen LogP contribution in [0.15, 0.2) is 36.7 Å². The molecule has 1 aromatic carbocycles. The Kier molecular flexibility index (Phi) is 5.99. The van der Waals surface area contributed by atoms with Crippen LogP contribution < -0.4 is 0 Å². The van der Waals surface area contributed by atoms with Gasteiger partial charge in [-0.15, -0.1) is 0 Å². The predicted molar refractivity (Wildman–Crippen MR) is 107 cm³/mol. The summed E-state index contributed by atoms with van der Waals surface area (Å²) in [7, 11) is 3.49. The number of aliphatic hydroxyl groups is 1. The minimum Gasteiger partial charge on any atom is -0.387 e. The fourth-order valence-electron chi connectivity index (χ4n) is 4.68. The molecule has 0 radical (unpaired) electrons. The van der Waals surface area contributed by atoms with Crippen LogP contribution in [0.1, 0.15) is 53.2 Å². The molecule has 4 heteroatoms. The maximum Gasteiger partial charge on any atom is 0.0915 e. The first-order valence-electron chi connectivity index (χ1n) is 9.66. The maximum atomic E-state index is 11.8. The molecular formula is C23H31NO3. The van der Waals surface area contributed by atoms with Gasteiger partial charge in [-0.05, 0) is 73.9 Å². The Morgan fingerprint density at radius 3 is 2.44 bits per heavy atom. The zero-order chi connectivity index (χ0) is 19.6. The molecule has 27 heavy (non-hydrogen) atoms. The van der Waals surface area contributed by atoms with E-state index in [9.17, 15) is 5.11 Å². The van der Waals surface area contributed by atoms with Gasteiger partial charge in [0.15, 0.2) is 0 Å². The summed E-state index contributed by atoms with van der Waals surface area (Å²) in [6.07, 6.45) is 5.36. The van der Waals surface area contributed by atoms with Crippen LogP contribution in [-0.4, -0.2) is 36.5 Å². The summed E-state index contributed by atoms with van der Waals surface area (Å²) in [5.41, 5.74) is 4.88. The molecule has 1 heterocycles. The quantitative estimate of drug-likeness (QED) is 0.858. The van der Waals surface area contributed by atoms with Crippen molar-refractivity contribution < 1.29 is 14.6 Å². The van der Waals surface area contributed by atoms with Crippen LogP contribution >= 0.6 is 0 Å². The predicted octanol–water partition coefficient (Wildman–Crippen LogP) is 4.19. The van der Waals surface area contributed by atoms with Gasteiger partial charge in [0.25, 0.3) is 0 Å². The average Bonchev–Trinajstić information content (AvgIpc) is 2.70. The number of methoxy groups -OCH3 is 2. The van der Waals surface area contributed by atoms with E-state index in [0.717, 1.165) is 29.5 Å². The number of rotatable bonds is 5. The lowest BCUT2D eigenvalue weighted by Gasteiger charge is -2.49. The summed E-state index contributed by atoms with van der Waals surface area (Å²) >= 11 is 0. The third-order valence-corrected chi connectivity index (χ3v) is 6.37. The number of aliphatic hydroxyl groups excluding tert-OH is 1. The fraction of sp³-hybridized carbons (Fsp3) is 0.522. The van der Waals surface area contributed by atoms with Gasteiger partial charge in [0.2, 0.25) is 0 Å². The van der Waals surface area contributed by atoms with Gasteiger partial charge in [0.1, 0.15) is 0 Å². The van der Waals surface area contributed by atoms with Crippen molar-refractivity contribution >= 4 is 0 Å². The SMILES string of the molecule is COC1CCC(OC)C(c2cccnc2)(C(O)c2cc(C)c(C)cc2C)C1. The summed E-state index contributed by atoms with van der Waals surface area (Å²) in [6.45, 7) is 6.27. The van der Waals surface area contributed by atoms with Gasteiger partial charge < -0.3 is 14.6 Å². The van der Waals surface area contributed by atoms with Crippen LogP contribution in [0.5, 0.6) is 0 Å². The molecule has 2 aromatic rings. The molecular weight excluding hydrogens is 338 g/mol. The highest BCUT2D eigenvalue weighted by Crippen LogP contribution is 2.50. The molecule has 1 fully saturated rings. The summed E-state index contributed by atoms with van der Waals surface area (Å²) in [6, 6.07) is 8.26. The topological polar surface area (TPSA) is 51.6 Å². The first-order chi connectivity index (χ1) is 12.9. The first-order valence-corrected chi connectivity index (χ1v) is 9.66. The monoisotopic (exact) mass is 369 g/mol. The molecule has 3 rings (SSSR count). The van der Waals surface area contributed by atoms with E-state index in [1.807, 2.05) is 12.3 Å². The van der Waals surface area contributed by atoms with E-state index in [2.05, 4.69) is 44.0 Å². The molecule has 1 aliphatic rings. The van der Waals surface area contributed by atoms with Crippen LogP contribution in [0.3, 0.4) is 0 Å². The Morgan fingerprint density at radius 1 is 1.07 bits per heavy atom. The summed E-state index contributed by atoms with van der Waals surface area (Å²) in [4.78, 5) is 4.35. The van der Waals surface area contributed by atoms with E-state index in [1.54, 1.807) is 20.4 Å². The molecule has 1 N–H and O–H groups in total. The summed E-state index contributed by atoms with van der Waals surface area (Å²) in [5, 5.41) is 11.8.